The standard InChI is InChI=1S/C64H47NO/c1-6-46(7-2)54(8-3)44(5)43(4)18-9-10-19-45-28-34-52(35-29-45)65(53-36-30-48(31-37-53)56-25-17-26-58-55-23-14-13-20-47(55)32-38-59(56)58)62-27-16-15-24-57(62)51-33-39-63-60(41-51)61-40-49-21-11-12-22-50(49)42-64(61)66-63/h6-42H,1-5H2/b18-9-,19-10+. The average molecular weight is 846 g/mol. The highest BCUT2D eigenvalue weighted by atomic mass is 16.3. The maximum absolute atomic E-state index is 6.42. The van der Waals surface area contributed by atoms with Gasteiger partial charge in [-0.25, -0.2) is 0 Å². The number of furan rings is 1. The largest absolute Gasteiger partial charge is 0.456 e. The second-order valence-electron chi connectivity index (χ2n) is 16.4. The third kappa shape index (κ3) is 7.72. The molecule has 314 valence electrons. The Balaban J connectivity index is 1.03. The number of allylic oxidation sites excluding steroid dienone is 10. The zero-order valence-electron chi connectivity index (χ0n) is 36.8. The third-order valence-electron chi connectivity index (χ3n) is 12.5. The van der Waals surface area contributed by atoms with Crippen molar-refractivity contribution >= 4 is 77.4 Å². The molecule has 0 fully saturated rings. The highest BCUT2D eigenvalue weighted by Crippen LogP contribution is 2.44. The Kier molecular flexibility index (Phi) is 11.1. The Morgan fingerprint density at radius 3 is 1.85 bits per heavy atom. The van der Waals surface area contributed by atoms with Gasteiger partial charge in [-0.1, -0.05) is 203 Å². The zero-order chi connectivity index (χ0) is 45.1. The number of hydrogen-bond acceptors (Lipinski definition) is 2. The fraction of sp³-hybridized carbons (Fsp3) is 0. The molecule has 66 heavy (non-hydrogen) atoms. The van der Waals surface area contributed by atoms with Crippen molar-refractivity contribution in [2.24, 2.45) is 0 Å². The van der Waals surface area contributed by atoms with Crippen LogP contribution in [-0.4, -0.2) is 0 Å². The van der Waals surface area contributed by atoms with Gasteiger partial charge in [0.05, 0.1) is 5.69 Å². The summed E-state index contributed by atoms with van der Waals surface area (Å²) in [7, 11) is 0. The van der Waals surface area contributed by atoms with Crippen molar-refractivity contribution in [3.8, 4) is 22.3 Å². The monoisotopic (exact) mass is 845 g/mol. The molecule has 0 aliphatic rings. The first-order chi connectivity index (χ1) is 32.4. The maximum Gasteiger partial charge on any atom is 0.136 e. The molecule has 10 aromatic rings. The second-order valence-corrected chi connectivity index (χ2v) is 16.4. The molecule has 0 atom stereocenters. The number of para-hydroxylation sites is 1. The van der Waals surface area contributed by atoms with Crippen LogP contribution in [0.2, 0.25) is 0 Å². The van der Waals surface area contributed by atoms with Crippen LogP contribution in [0.25, 0.3) is 82.6 Å². The fourth-order valence-electron chi connectivity index (χ4n) is 9.12. The minimum absolute atomic E-state index is 0.777. The van der Waals surface area contributed by atoms with Crippen LogP contribution < -0.4 is 4.90 Å². The van der Waals surface area contributed by atoms with E-state index < -0.39 is 0 Å². The Morgan fingerprint density at radius 2 is 1.09 bits per heavy atom. The van der Waals surface area contributed by atoms with Crippen LogP contribution in [0.4, 0.5) is 17.1 Å². The zero-order valence-corrected chi connectivity index (χ0v) is 36.8. The first-order valence-electron chi connectivity index (χ1n) is 22.1. The van der Waals surface area contributed by atoms with Crippen molar-refractivity contribution in [2.75, 3.05) is 4.90 Å². The van der Waals surface area contributed by atoms with Gasteiger partial charge in [-0.2, -0.15) is 0 Å². The molecular formula is C64H47NO. The first kappa shape index (κ1) is 41.3. The molecule has 0 spiro atoms. The van der Waals surface area contributed by atoms with E-state index in [4.69, 9.17) is 4.42 Å². The highest BCUT2D eigenvalue weighted by Gasteiger charge is 2.19. The van der Waals surface area contributed by atoms with Crippen molar-refractivity contribution in [2.45, 2.75) is 0 Å². The molecule has 2 heteroatoms. The van der Waals surface area contributed by atoms with E-state index >= 15 is 0 Å². The van der Waals surface area contributed by atoms with E-state index in [1.54, 1.807) is 18.2 Å². The van der Waals surface area contributed by atoms with E-state index in [9.17, 15) is 0 Å². The lowest BCUT2D eigenvalue weighted by atomic mass is 9.94. The molecule has 0 aliphatic carbocycles. The van der Waals surface area contributed by atoms with E-state index in [0.29, 0.717) is 0 Å². The molecule has 1 heterocycles. The molecule has 0 amide bonds. The summed E-state index contributed by atoms with van der Waals surface area (Å²) in [6.45, 7) is 20.2. The minimum atomic E-state index is 0.777. The summed E-state index contributed by atoms with van der Waals surface area (Å²) in [6, 6.07) is 65.4. The van der Waals surface area contributed by atoms with Gasteiger partial charge in [0.2, 0.25) is 0 Å². The molecular weight excluding hydrogens is 799 g/mol. The molecule has 0 bridgehead atoms. The van der Waals surface area contributed by atoms with E-state index in [0.717, 1.165) is 88.9 Å². The summed E-state index contributed by atoms with van der Waals surface area (Å²) >= 11 is 0. The van der Waals surface area contributed by atoms with Crippen molar-refractivity contribution in [1.29, 1.82) is 0 Å². The van der Waals surface area contributed by atoms with Crippen molar-refractivity contribution in [3.63, 3.8) is 0 Å². The quantitative estimate of drug-likeness (QED) is 0.0849. The summed E-state index contributed by atoms with van der Waals surface area (Å²) in [4.78, 5) is 2.36. The van der Waals surface area contributed by atoms with Crippen molar-refractivity contribution in [1.82, 2.24) is 0 Å². The summed E-state index contributed by atoms with van der Waals surface area (Å²) in [5.74, 6) is 0. The van der Waals surface area contributed by atoms with Gasteiger partial charge in [-0.3, -0.25) is 0 Å². The number of fused-ring (bicyclic) bond motifs is 7. The van der Waals surface area contributed by atoms with E-state index in [1.165, 1.54) is 32.5 Å². The highest BCUT2D eigenvalue weighted by molar-refractivity contribution is 6.13. The number of anilines is 3. The van der Waals surface area contributed by atoms with Gasteiger partial charge in [-0.05, 0) is 131 Å². The summed E-state index contributed by atoms with van der Waals surface area (Å²) in [6.07, 6.45) is 13.3. The van der Waals surface area contributed by atoms with E-state index in [1.807, 2.05) is 18.2 Å². The number of hydrogen-bond donors (Lipinski definition) is 0. The van der Waals surface area contributed by atoms with Gasteiger partial charge in [0.1, 0.15) is 11.2 Å². The predicted octanol–water partition coefficient (Wildman–Crippen LogP) is 18.4. The van der Waals surface area contributed by atoms with Crippen LogP contribution in [-0.2, 0) is 0 Å². The molecule has 0 radical (unpaired) electrons. The summed E-state index contributed by atoms with van der Waals surface area (Å²) < 4.78 is 6.42. The van der Waals surface area contributed by atoms with Gasteiger partial charge in [0, 0.05) is 27.7 Å². The lowest BCUT2D eigenvalue weighted by Crippen LogP contribution is -2.11. The summed E-state index contributed by atoms with van der Waals surface area (Å²) in [5, 5.41) is 9.56. The van der Waals surface area contributed by atoms with Crippen LogP contribution >= 0.6 is 0 Å². The Labute approximate surface area is 386 Å². The second kappa shape index (κ2) is 17.8. The van der Waals surface area contributed by atoms with Crippen LogP contribution in [0, 0.1) is 0 Å². The summed E-state index contributed by atoms with van der Waals surface area (Å²) in [5.41, 5.74) is 13.9. The van der Waals surface area contributed by atoms with Gasteiger partial charge in [0.25, 0.3) is 0 Å². The minimum Gasteiger partial charge on any atom is -0.456 e. The van der Waals surface area contributed by atoms with Crippen LogP contribution in [0.15, 0.2) is 278 Å². The Bertz CT molecular complexity index is 3650. The smallest absolute Gasteiger partial charge is 0.136 e. The van der Waals surface area contributed by atoms with Crippen LogP contribution in [0.3, 0.4) is 0 Å². The van der Waals surface area contributed by atoms with Gasteiger partial charge in [0.15, 0.2) is 0 Å². The average Bonchev–Trinajstić information content (AvgIpc) is 3.73. The molecule has 10 rings (SSSR count). The molecule has 0 saturated heterocycles. The van der Waals surface area contributed by atoms with Crippen molar-refractivity contribution < 1.29 is 4.42 Å². The number of nitrogens with zero attached hydrogens (tertiary/aromatic N) is 1. The molecule has 0 N–H and O–H groups in total. The molecule has 9 aromatic carbocycles. The molecule has 1 aromatic heterocycles. The fourth-order valence-corrected chi connectivity index (χ4v) is 9.12. The van der Waals surface area contributed by atoms with E-state index in [-0.39, 0.29) is 0 Å². The lowest BCUT2D eigenvalue weighted by molar-refractivity contribution is 0.669. The molecule has 0 unspecified atom stereocenters. The molecule has 2 nitrogen and oxygen atoms in total. The van der Waals surface area contributed by atoms with Crippen molar-refractivity contribution in [3.05, 3.63) is 279 Å². The van der Waals surface area contributed by atoms with Gasteiger partial charge >= 0.3 is 0 Å². The Morgan fingerprint density at radius 1 is 0.455 bits per heavy atom. The molecule has 0 aliphatic heterocycles. The lowest BCUT2D eigenvalue weighted by Gasteiger charge is -2.28. The number of benzene rings is 9. The predicted molar refractivity (Wildman–Crippen MR) is 286 cm³/mol. The Hall–Kier alpha value is -8.72. The maximum atomic E-state index is 6.42. The SMILES string of the molecule is C=CC(C=C)=C(C=C)C(=C)C(=C)/C=C\C=C\c1ccc(N(c2ccc(-c3cccc4c3ccc3ccccc34)cc2)c2ccccc2-c2ccc3oc4cc5ccccc5cc4c3c2)cc1. The normalized spacial score (nSPS) is 11.5. The third-order valence-corrected chi connectivity index (χ3v) is 12.5. The topological polar surface area (TPSA) is 16.4 Å². The van der Waals surface area contributed by atoms with E-state index in [2.05, 4.69) is 226 Å². The van der Waals surface area contributed by atoms with Crippen LogP contribution in [0.5, 0.6) is 0 Å². The van der Waals surface area contributed by atoms with Gasteiger partial charge in [-0.15, -0.1) is 0 Å². The van der Waals surface area contributed by atoms with Crippen LogP contribution in [0.1, 0.15) is 5.56 Å². The molecule has 0 saturated carbocycles. The number of rotatable bonds is 13. The van der Waals surface area contributed by atoms with Gasteiger partial charge < -0.3 is 9.32 Å². The first-order valence-corrected chi connectivity index (χ1v) is 22.1.